The molecular formula is C11H21NO2S. The van der Waals surface area contributed by atoms with Crippen molar-refractivity contribution in [1.29, 1.82) is 0 Å². The quantitative estimate of drug-likeness (QED) is 0.759. The van der Waals surface area contributed by atoms with Gasteiger partial charge in [0.1, 0.15) is 6.04 Å². The van der Waals surface area contributed by atoms with Gasteiger partial charge in [0, 0.05) is 11.3 Å². The van der Waals surface area contributed by atoms with Gasteiger partial charge in [-0.3, -0.25) is 4.79 Å². The number of nitrogens with one attached hydrogen (secondary N) is 1. The summed E-state index contributed by atoms with van der Waals surface area (Å²) in [5, 5.41) is 13.0. The molecule has 3 nitrogen and oxygen atoms in total. The molecule has 0 amide bonds. The van der Waals surface area contributed by atoms with Crippen LogP contribution in [0.25, 0.3) is 0 Å². The van der Waals surface area contributed by atoms with Crippen LogP contribution in [0.5, 0.6) is 0 Å². The fourth-order valence-corrected chi connectivity index (χ4v) is 3.12. The summed E-state index contributed by atoms with van der Waals surface area (Å²) >= 11 is 1.85. The van der Waals surface area contributed by atoms with Gasteiger partial charge in [-0.25, -0.2) is 0 Å². The smallest absolute Gasteiger partial charge is 0.320 e. The average molecular weight is 231 g/mol. The lowest BCUT2D eigenvalue weighted by Crippen LogP contribution is -2.48. The van der Waals surface area contributed by atoms with E-state index in [1.165, 1.54) is 12.8 Å². The molecule has 1 saturated carbocycles. The molecule has 4 heteroatoms. The minimum atomic E-state index is -0.725. The van der Waals surface area contributed by atoms with Crippen molar-refractivity contribution in [2.24, 2.45) is 5.92 Å². The first-order valence-electron chi connectivity index (χ1n) is 5.58. The Morgan fingerprint density at radius 2 is 2.13 bits per heavy atom. The van der Waals surface area contributed by atoms with E-state index in [2.05, 4.69) is 11.6 Å². The molecule has 88 valence electrons. The lowest BCUT2D eigenvalue weighted by Gasteiger charge is -2.26. The molecule has 0 radical (unpaired) electrons. The number of rotatable bonds is 5. The summed E-state index contributed by atoms with van der Waals surface area (Å²) in [5.41, 5.74) is 0. The van der Waals surface area contributed by atoms with Crippen LogP contribution in [0.1, 0.15) is 33.1 Å². The second-order valence-corrected chi connectivity index (χ2v) is 5.62. The Hall–Kier alpha value is -0.220. The molecule has 0 aromatic heterocycles. The normalized spacial score (nSPS) is 28.3. The van der Waals surface area contributed by atoms with Gasteiger partial charge in [0.25, 0.3) is 0 Å². The van der Waals surface area contributed by atoms with Crippen LogP contribution in [-0.4, -0.2) is 34.7 Å². The second kappa shape index (κ2) is 5.75. The maximum atomic E-state index is 11.1. The highest BCUT2D eigenvalue weighted by molar-refractivity contribution is 7.99. The number of carboxylic acids is 1. The van der Waals surface area contributed by atoms with Crippen molar-refractivity contribution in [1.82, 2.24) is 5.32 Å². The van der Waals surface area contributed by atoms with Gasteiger partial charge < -0.3 is 10.4 Å². The standard InChI is InChI=1S/C11H21NO2S/c1-7(2)10(11(13)14)12-8-5-4-6-9(8)15-3/h7-10,12H,4-6H2,1-3H3,(H,13,14). The summed E-state index contributed by atoms with van der Waals surface area (Å²) < 4.78 is 0. The Morgan fingerprint density at radius 3 is 2.60 bits per heavy atom. The molecule has 0 aromatic rings. The zero-order valence-corrected chi connectivity index (χ0v) is 10.5. The van der Waals surface area contributed by atoms with Crippen LogP contribution in [0.2, 0.25) is 0 Å². The summed E-state index contributed by atoms with van der Waals surface area (Å²) in [6, 6.07) is -0.0220. The largest absolute Gasteiger partial charge is 0.480 e. The van der Waals surface area contributed by atoms with E-state index in [-0.39, 0.29) is 5.92 Å². The zero-order chi connectivity index (χ0) is 11.4. The predicted octanol–water partition coefficient (Wildman–Crippen LogP) is 1.97. The lowest BCUT2D eigenvalue weighted by molar-refractivity contribution is -0.140. The maximum Gasteiger partial charge on any atom is 0.320 e. The van der Waals surface area contributed by atoms with Crippen molar-refractivity contribution in [2.75, 3.05) is 6.26 Å². The van der Waals surface area contributed by atoms with Crippen molar-refractivity contribution in [2.45, 2.75) is 50.4 Å². The molecule has 0 saturated heterocycles. The van der Waals surface area contributed by atoms with Crippen LogP contribution in [-0.2, 0) is 4.79 Å². The van der Waals surface area contributed by atoms with Gasteiger partial charge in [0.15, 0.2) is 0 Å². The van der Waals surface area contributed by atoms with Crippen LogP contribution < -0.4 is 5.32 Å². The number of thioether (sulfide) groups is 1. The summed E-state index contributed by atoms with van der Waals surface area (Å²) in [6.45, 7) is 3.91. The summed E-state index contributed by atoms with van der Waals surface area (Å²) in [4.78, 5) is 11.1. The van der Waals surface area contributed by atoms with Gasteiger partial charge in [-0.1, -0.05) is 20.3 Å². The van der Waals surface area contributed by atoms with Crippen molar-refractivity contribution in [3.63, 3.8) is 0 Å². The topological polar surface area (TPSA) is 49.3 Å². The van der Waals surface area contributed by atoms with Crippen LogP contribution in [0, 0.1) is 5.92 Å². The maximum absolute atomic E-state index is 11.1. The average Bonchev–Trinajstić information content (AvgIpc) is 2.59. The molecule has 0 bridgehead atoms. The lowest BCUT2D eigenvalue weighted by atomic mass is 10.0. The Morgan fingerprint density at radius 1 is 1.47 bits per heavy atom. The SMILES string of the molecule is CSC1CCCC1NC(C(=O)O)C(C)C. The first kappa shape index (κ1) is 12.8. The molecule has 3 atom stereocenters. The predicted molar refractivity (Wildman–Crippen MR) is 64.3 cm³/mol. The molecule has 0 spiro atoms. The molecule has 0 aliphatic heterocycles. The zero-order valence-electron chi connectivity index (χ0n) is 9.69. The fourth-order valence-electron chi connectivity index (χ4n) is 2.18. The molecule has 1 aliphatic carbocycles. The van der Waals surface area contributed by atoms with Gasteiger partial charge >= 0.3 is 5.97 Å². The third kappa shape index (κ3) is 3.38. The van der Waals surface area contributed by atoms with Crippen molar-refractivity contribution < 1.29 is 9.90 Å². The number of carboxylic acid groups (broad SMARTS) is 1. The van der Waals surface area contributed by atoms with Gasteiger partial charge in [0.2, 0.25) is 0 Å². The van der Waals surface area contributed by atoms with Crippen molar-refractivity contribution in [3.05, 3.63) is 0 Å². The molecule has 0 heterocycles. The fraction of sp³-hybridized carbons (Fsp3) is 0.909. The summed E-state index contributed by atoms with van der Waals surface area (Å²) in [6.07, 6.45) is 5.65. The highest BCUT2D eigenvalue weighted by Gasteiger charge is 2.31. The van der Waals surface area contributed by atoms with E-state index in [4.69, 9.17) is 5.11 Å². The summed E-state index contributed by atoms with van der Waals surface area (Å²) in [5.74, 6) is -0.581. The minimum absolute atomic E-state index is 0.144. The van der Waals surface area contributed by atoms with E-state index in [0.717, 1.165) is 6.42 Å². The monoisotopic (exact) mass is 231 g/mol. The molecule has 15 heavy (non-hydrogen) atoms. The molecule has 1 rings (SSSR count). The van der Waals surface area contributed by atoms with Gasteiger partial charge in [0.05, 0.1) is 0 Å². The Labute approximate surface area is 96.0 Å². The third-order valence-corrected chi connectivity index (χ3v) is 4.25. The summed E-state index contributed by atoms with van der Waals surface area (Å²) in [7, 11) is 0. The van der Waals surface area contributed by atoms with E-state index in [1.54, 1.807) is 0 Å². The van der Waals surface area contributed by atoms with Crippen LogP contribution >= 0.6 is 11.8 Å². The highest BCUT2D eigenvalue weighted by Crippen LogP contribution is 2.29. The highest BCUT2D eigenvalue weighted by atomic mass is 32.2. The third-order valence-electron chi connectivity index (χ3n) is 3.08. The molecule has 3 unspecified atom stereocenters. The van der Waals surface area contributed by atoms with Gasteiger partial charge in [-0.2, -0.15) is 11.8 Å². The number of hydrogen-bond acceptors (Lipinski definition) is 3. The molecule has 1 aliphatic rings. The molecule has 1 fully saturated rings. The molecule has 0 aromatic carbocycles. The van der Waals surface area contributed by atoms with E-state index >= 15 is 0 Å². The van der Waals surface area contributed by atoms with Crippen molar-refractivity contribution >= 4 is 17.7 Å². The minimum Gasteiger partial charge on any atom is -0.480 e. The van der Waals surface area contributed by atoms with Gasteiger partial charge in [-0.15, -0.1) is 0 Å². The van der Waals surface area contributed by atoms with Crippen LogP contribution in [0.3, 0.4) is 0 Å². The molecule has 2 N–H and O–H groups in total. The van der Waals surface area contributed by atoms with Gasteiger partial charge in [-0.05, 0) is 25.0 Å². The van der Waals surface area contributed by atoms with Crippen LogP contribution in [0.15, 0.2) is 0 Å². The first-order chi connectivity index (χ1) is 7.06. The van der Waals surface area contributed by atoms with E-state index in [0.29, 0.717) is 11.3 Å². The molecular weight excluding hydrogens is 210 g/mol. The second-order valence-electron chi connectivity index (χ2n) is 4.54. The van der Waals surface area contributed by atoms with E-state index < -0.39 is 12.0 Å². The van der Waals surface area contributed by atoms with Crippen LogP contribution in [0.4, 0.5) is 0 Å². The Bertz CT molecular complexity index is 221. The first-order valence-corrected chi connectivity index (χ1v) is 6.86. The van der Waals surface area contributed by atoms with Crippen molar-refractivity contribution in [3.8, 4) is 0 Å². The van der Waals surface area contributed by atoms with E-state index in [9.17, 15) is 4.79 Å². The Kier molecular flexibility index (Phi) is 4.93. The van der Waals surface area contributed by atoms with E-state index in [1.807, 2.05) is 25.6 Å². The number of carbonyl (C=O) groups is 1. The number of aliphatic carboxylic acids is 1. The Balaban J connectivity index is 2.54. The number of hydrogen-bond donors (Lipinski definition) is 2.